The second kappa shape index (κ2) is 2.29. The van der Waals surface area contributed by atoms with Crippen molar-refractivity contribution < 1.29 is 4.79 Å². The van der Waals surface area contributed by atoms with Gasteiger partial charge in [0.25, 0.3) is 0 Å². The molecule has 8 heavy (non-hydrogen) atoms. The molecule has 0 heterocycles. The highest BCUT2D eigenvalue weighted by Gasteiger charge is 2.18. The minimum absolute atomic E-state index is 0.391. The topological polar surface area (TPSA) is 17.1 Å². The number of hydrogen-bond acceptors (Lipinski definition) is 1. The first-order valence-electron chi connectivity index (χ1n) is 3.31. The summed E-state index contributed by atoms with van der Waals surface area (Å²) in [7, 11) is 0. The maximum absolute atomic E-state index is 10.6. The van der Waals surface area contributed by atoms with E-state index in [-0.39, 0.29) is 0 Å². The van der Waals surface area contributed by atoms with Crippen molar-refractivity contribution in [1.29, 1.82) is 0 Å². The highest BCUT2D eigenvalue weighted by molar-refractivity contribution is 5.78. The Morgan fingerprint density at radius 1 is 1.38 bits per heavy atom. The highest BCUT2D eigenvalue weighted by atomic mass is 16.1. The lowest BCUT2D eigenvalue weighted by atomic mass is 10.0. The van der Waals surface area contributed by atoms with Crippen LogP contribution in [0.2, 0.25) is 0 Å². The van der Waals surface area contributed by atoms with E-state index in [4.69, 9.17) is 0 Å². The molecule has 1 fully saturated rings. The molecule has 0 N–H and O–H groups in total. The van der Waals surface area contributed by atoms with Crippen LogP contribution in [0.1, 0.15) is 32.6 Å². The van der Waals surface area contributed by atoms with Crippen LogP contribution in [0.3, 0.4) is 0 Å². The summed E-state index contributed by atoms with van der Waals surface area (Å²) in [4.78, 5) is 10.6. The zero-order valence-corrected chi connectivity index (χ0v) is 5.31. The van der Waals surface area contributed by atoms with Crippen molar-refractivity contribution in [3.8, 4) is 0 Å². The van der Waals surface area contributed by atoms with Gasteiger partial charge in [-0.15, -0.1) is 0 Å². The lowest BCUT2D eigenvalue weighted by Gasteiger charge is -1.99. The number of carbonyl (C=O) groups is 1. The summed E-state index contributed by atoms with van der Waals surface area (Å²) in [5.74, 6) is 0.817. The molecule has 0 radical (unpaired) electrons. The monoisotopic (exact) mass is 112 g/mol. The second-order valence-corrected chi connectivity index (χ2v) is 2.59. The molecule has 0 amide bonds. The molecule has 1 aliphatic rings. The molecule has 0 unspecified atom stereocenters. The normalized spacial score (nSPS) is 21.6. The molecule has 0 aliphatic heterocycles. The molecule has 1 saturated carbocycles. The summed E-state index contributed by atoms with van der Waals surface area (Å²) >= 11 is 0. The molecule has 46 valence electrons. The molecule has 0 spiro atoms. The predicted molar refractivity (Wildman–Crippen MR) is 32.6 cm³/mol. The highest BCUT2D eigenvalue weighted by Crippen LogP contribution is 2.24. The van der Waals surface area contributed by atoms with Gasteiger partial charge in [-0.25, -0.2) is 0 Å². The average Bonchev–Trinajstić information content (AvgIpc) is 2.12. The van der Waals surface area contributed by atoms with Gasteiger partial charge in [0.05, 0.1) is 0 Å². The van der Waals surface area contributed by atoms with E-state index < -0.39 is 0 Å². The van der Waals surface area contributed by atoms with Crippen LogP contribution < -0.4 is 0 Å². The molecule has 0 aromatic carbocycles. The largest absolute Gasteiger partial charge is 0.300 e. The summed E-state index contributed by atoms with van der Waals surface area (Å²) in [6.45, 7) is 1.70. The maximum Gasteiger partial charge on any atom is 0.132 e. The Morgan fingerprint density at radius 3 is 2.12 bits per heavy atom. The van der Waals surface area contributed by atoms with E-state index in [1.54, 1.807) is 6.92 Å². The van der Waals surface area contributed by atoms with Crippen LogP contribution in [0.15, 0.2) is 0 Å². The Morgan fingerprint density at radius 2 is 1.88 bits per heavy atom. The van der Waals surface area contributed by atoms with Gasteiger partial charge in [0.2, 0.25) is 0 Å². The van der Waals surface area contributed by atoms with Crippen molar-refractivity contribution in [2.24, 2.45) is 5.92 Å². The Balaban J connectivity index is 2.35. The van der Waals surface area contributed by atoms with Crippen molar-refractivity contribution >= 4 is 5.78 Å². The zero-order valence-electron chi connectivity index (χ0n) is 5.31. The molecule has 0 aromatic heterocycles. The lowest BCUT2D eigenvalue weighted by molar-refractivity contribution is -0.120. The van der Waals surface area contributed by atoms with Gasteiger partial charge in [0.15, 0.2) is 0 Å². The van der Waals surface area contributed by atoms with Crippen LogP contribution in [0.25, 0.3) is 0 Å². The van der Waals surface area contributed by atoms with E-state index in [1.165, 1.54) is 12.8 Å². The SMILES string of the molecule is CC(=O)C1CCCC1. The van der Waals surface area contributed by atoms with Gasteiger partial charge in [-0.05, 0) is 19.8 Å². The third kappa shape index (κ3) is 1.09. The fourth-order valence-electron chi connectivity index (χ4n) is 1.33. The standard InChI is InChI=1S/C7H12O/c1-6(8)7-4-2-3-5-7/h7H,2-5H2,1H3. The molecular weight excluding hydrogens is 100 g/mol. The Hall–Kier alpha value is -0.330. The zero-order chi connectivity index (χ0) is 5.98. The minimum Gasteiger partial charge on any atom is -0.300 e. The van der Waals surface area contributed by atoms with Crippen molar-refractivity contribution in [1.82, 2.24) is 0 Å². The lowest BCUT2D eigenvalue weighted by Crippen LogP contribution is -2.04. The van der Waals surface area contributed by atoms with E-state index in [0.717, 1.165) is 12.8 Å². The van der Waals surface area contributed by atoms with Gasteiger partial charge in [0.1, 0.15) is 5.78 Å². The number of hydrogen-bond donors (Lipinski definition) is 0. The molecule has 1 nitrogen and oxygen atoms in total. The fourth-order valence-corrected chi connectivity index (χ4v) is 1.33. The smallest absolute Gasteiger partial charge is 0.132 e. The van der Waals surface area contributed by atoms with Crippen LogP contribution in [0, 0.1) is 5.92 Å². The molecule has 0 aromatic rings. The molecular formula is C7H12O. The fraction of sp³-hybridized carbons (Fsp3) is 0.857. The first-order valence-corrected chi connectivity index (χ1v) is 3.31. The molecule has 0 atom stereocenters. The van der Waals surface area contributed by atoms with Crippen LogP contribution >= 0.6 is 0 Å². The Labute approximate surface area is 50.1 Å². The van der Waals surface area contributed by atoms with Gasteiger partial charge in [-0.1, -0.05) is 12.8 Å². The first kappa shape index (κ1) is 5.80. The van der Waals surface area contributed by atoms with Crippen molar-refractivity contribution in [3.63, 3.8) is 0 Å². The number of Topliss-reactive ketones (excluding diaryl/α,β-unsaturated/α-hetero) is 1. The third-order valence-corrected chi connectivity index (χ3v) is 1.93. The van der Waals surface area contributed by atoms with E-state index in [1.807, 2.05) is 0 Å². The second-order valence-electron chi connectivity index (χ2n) is 2.59. The van der Waals surface area contributed by atoms with Crippen molar-refractivity contribution in [2.75, 3.05) is 0 Å². The molecule has 0 bridgehead atoms. The van der Waals surface area contributed by atoms with Gasteiger partial charge >= 0.3 is 0 Å². The quantitative estimate of drug-likeness (QED) is 0.505. The van der Waals surface area contributed by atoms with E-state index in [2.05, 4.69) is 0 Å². The van der Waals surface area contributed by atoms with E-state index in [0.29, 0.717) is 11.7 Å². The minimum atomic E-state index is 0.391. The van der Waals surface area contributed by atoms with Crippen LogP contribution in [-0.4, -0.2) is 5.78 Å². The number of ketones is 1. The molecule has 0 saturated heterocycles. The van der Waals surface area contributed by atoms with E-state index in [9.17, 15) is 4.79 Å². The number of rotatable bonds is 1. The Bertz CT molecular complexity index is 90.6. The van der Waals surface area contributed by atoms with Crippen molar-refractivity contribution in [3.05, 3.63) is 0 Å². The first-order chi connectivity index (χ1) is 3.80. The molecule has 1 aliphatic carbocycles. The summed E-state index contributed by atoms with van der Waals surface area (Å²) < 4.78 is 0. The summed E-state index contributed by atoms with van der Waals surface area (Å²) in [6.07, 6.45) is 4.83. The van der Waals surface area contributed by atoms with Crippen LogP contribution in [0.4, 0.5) is 0 Å². The van der Waals surface area contributed by atoms with Gasteiger partial charge < -0.3 is 0 Å². The van der Waals surface area contributed by atoms with Gasteiger partial charge in [0, 0.05) is 5.92 Å². The summed E-state index contributed by atoms with van der Waals surface area (Å²) in [6, 6.07) is 0. The van der Waals surface area contributed by atoms with Crippen LogP contribution in [0.5, 0.6) is 0 Å². The van der Waals surface area contributed by atoms with Crippen LogP contribution in [-0.2, 0) is 4.79 Å². The van der Waals surface area contributed by atoms with Gasteiger partial charge in [-0.3, -0.25) is 4.79 Å². The molecule has 1 rings (SSSR count). The third-order valence-electron chi connectivity index (χ3n) is 1.93. The summed E-state index contributed by atoms with van der Waals surface area (Å²) in [5, 5.41) is 0. The Kier molecular flexibility index (Phi) is 1.66. The summed E-state index contributed by atoms with van der Waals surface area (Å²) in [5.41, 5.74) is 0. The maximum atomic E-state index is 10.6. The predicted octanol–water partition coefficient (Wildman–Crippen LogP) is 1.77. The average molecular weight is 112 g/mol. The molecule has 1 heteroatoms. The van der Waals surface area contributed by atoms with E-state index >= 15 is 0 Å². The van der Waals surface area contributed by atoms with Gasteiger partial charge in [-0.2, -0.15) is 0 Å². The van der Waals surface area contributed by atoms with Crippen molar-refractivity contribution in [2.45, 2.75) is 32.6 Å². The number of carbonyl (C=O) groups excluding carboxylic acids is 1.